The molecule has 1 unspecified atom stereocenters. The molecule has 1 aromatic carbocycles. The summed E-state index contributed by atoms with van der Waals surface area (Å²) >= 11 is 0. The normalized spacial score (nSPS) is 22.4. The molecule has 0 spiro atoms. The largest absolute Gasteiger partial charge is 0.379 e. The lowest BCUT2D eigenvalue weighted by Crippen LogP contribution is -2.48. The van der Waals surface area contributed by atoms with Crippen molar-refractivity contribution in [2.75, 3.05) is 14.2 Å². The molecule has 0 saturated heterocycles. The zero-order chi connectivity index (χ0) is 17.0. The molecule has 7 heteroatoms. The van der Waals surface area contributed by atoms with Crippen LogP contribution in [0.15, 0.2) is 24.3 Å². The molecule has 0 saturated carbocycles. The van der Waals surface area contributed by atoms with Gasteiger partial charge in [0.15, 0.2) is 0 Å². The molecule has 126 valence electrons. The maximum Gasteiger partial charge on any atom is 0.280 e. The Balaban J connectivity index is 2.28. The molecule has 0 aromatic heterocycles. The van der Waals surface area contributed by atoms with Gasteiger partial charge in [0.25, 0.3) is 10.2 Å². The number of fused-ring (bicyclic) bond motifs is 1. The Hall–Kier alpha value is -1.46. The predicted molar refractivity (Wildman–Crippen MR) is 87.8 cm³/mol. The van der Waals surface area contributed by atoms with E-state index in [0.717, 1.165) is 24.0 Å². The molecule has 2 rings (SSSR count). The minimum atomic E-state index is -3.71. The molecule has 1 N–H and O–H groups in total. The first-order chi connectivity index (χ1) is 10.9. The fourth-order valence-corrected chi connectivity index (χ4v) is 4.18. The van der Waals surface area contributed by atoms with Crippen molar-refractivity contribution in [2.45, 2.75) is 44.4 Å². The van der Waals surface area contributed by atoms with Crippen molar-refractivity contribution in [3.8, 4) is 6.07 Å². The molecule has 0 aliphatic heterocycles. The Morgan fingerprint density at radius 3 is 2.83 bits per heavy atom. The number of nitrogens with zero attached hydrogens (tertiary/aromatic N) is 2. The molecule has 0 fully saturated rings. The first kappa shape index (κ1) is 17.9. The van der Waals surface area contributed by atoms with E-state index in [4.69, 9.17) is 10.00 Å². The second-order valence-electron chi connectivity index (χ2n) is 5.84. The molecule has 0 radical (unpaired) electrons. The van der Waals surface area contributed by atoms with Gasteiger partial charge in [-0.3, -0.25) is 0 Å². The summed E-state index contributed by atoms with van der Waals surface area (Å²) in [6.07, 6.45) is 1.57. The fraction of sp³-hybridized carbons (Fsp3) is 0.562. The molecule has 6 nitrogen and oxygen atoms in total. The van der Waals surface area contributed by atoms with Gasteiger partial charge in [-0.05, 0) is 30.9 Å². The van der Waals surface area contributed by atoms with Crippen LogP contribution in [-0.2, 0) is 21.4 Å². The van der Waals surface area contributed by atoms with Crippen molar-refractivity contribution in [1.82, 2.24) is 9.03 Å². The van der Waals surface area contributed by atoms with E-state index in [1.165, 1.54) is 11.4 Å². The van der Waals surface area contributed by atoms with Crippen molar-refractivity contribution in [2.24, 2.45) is 0 Å². The van der Waals surface area contributed by atoms with E-state index in [9.17, 15) is 8.42 Å². The van der Waals surface area contributed by atoms with Gasteiger partial charge < -0.3 is 4.74 Å². The van der Waals surface area contributed by atoms with Crippen LogP contribution in [0.25, 0.3) is 0 Å². The highest BCUT2D eigenvalue weighted by Gasteiger charge is 2.34. The van der Waals surface area contributed by atoms with Gasteiger partial charge in [-0.25, -0.2) is 0 Å². The van der Waals surface area contributed by atoms with Crippen molar-refractivity contribution in [1.29, 1.82) is 5.26 Å². The summed E-state index contributed by atoms with van der Waals surface area (Å²) in [7, 11) is -0.629. The zero-order valence-corrected chi connectivity index (χ0v) is 14.5. The number of nitrogens with one attached hydrogen (secondary N) is 1. The molecule has 1 aliphatic rings. The molecular formula is C16H23N3O3S. The number of ether oxygens (including phenoxy) is 1. The molecule has 0 amide bonds. The lowest BCUT2D eigenvalue weighted by atomic mass is 9.86. The van der Waals surface area contributed by atoms with Crippen LogP contribution in [0.1, 0.15) is 36.9 Å². The Bertz CT molecular complexity index is 684. The second-order valence-corrected chi connectivity index (χ2v) is 7.60. The molecule has 0 heterocycles. The van der Waals surface area contributed by atoms with Crippen molar-refractivity contribution < 1.29 is 13.2 Å². The van der Waals surface area contributed by atoms with Crippen LogP contribution >= 0.6 is 0 Å². The Kier molecular flexibility index (Phi) is 5.76. The van der Waals surface area contributed by atoms with Crippen LogP contribution in [0.2, 0.25) is 0 Å². The summed E-state index contributed by atoms with van der Waals surface area (Å²) in [6, 6.07) is 9.00. The summed E-state index contributed by atoms with van der Waals surface area (Å²) in [5.74, 6) is 0. The van der Waals surface area contributed by atoms with E-state index in [1.807, 2.05) is 30.3 Å². The summed E-state index contributed by atoms with van der Waals surface area (Å²) in [4.78, 5) is 0. The van der Waals surface area contributed by atoms with Gasteiger partial charge in [0.2, 0.25) is 0 Å². The maximum atomic E-state index is 12.6. The van der Waals surface area contributed by atoms with Crippen LogP contribution < -0.4 is 4.72 Å². The van der Waals surface area contributed by atoms with Crippen LogP contribution in [0.5, 0.6) is 0 Å². The highest BCUT2D eigenvalue weighted by atomic mass is 32.2. The molecule has 0 bridgehead atoms. The number of rotatable bonds is 6. The van der Waals surface area contributed by atoms with Gasteiger partial charge >= 0.3 is 0 Å². The SMILES string of the molecule is CO[C@@H]1CCc2ccccc2[C@H]1NS(=O)(=O)N(C)C(C)CC#N. The number of nitriles is 1. The average Bonchev–Trinajstić information content (AvgIpc) is 2.54. The molecule has 23 heavy (non-hydrogen) atoms. The highest BCUT2D eigenvalue weighted by molar-refractivity contribution is 7.87. The van der Waals surface area contributed by atoms with Gasteiger partial charge in [-0.1, -0.05) is 24.3 Å². The molecular weight excluding hydrogens is 314 g/mol. The predicted octanol–water partition coefficient (Wildman–Crippen LogP) is 1.76. The topological polar surface area (TPSA) is 82.4 Å². The second kappa shape index (κ2) is 7.41. The van der Waals surface area contributed by atoms with E-state index in [2.05, 4.69) is 4.72 Å². The molecule has 1 aliphatic carbocycles. The van der Waals surface area contributed by atoms with Crippen LogP contribution in [0.3, 0.4) is 0 Å². The molecule has 3 atom stereocenters. The lowest BCUT2D eigenvalue weighted by molar-refractivity contribution is 0.0621. The third kappa shape index (κ3) is 3.90. The summed E-state index contributed by atoms with van der Waals surface area (Å²) in [6.45, 7) is 1.71. The van der Waals surface area contributed by atoms with E-state index in [1.54, 1.807) is 14.0 Å². The quantitative estimate of drug-likeness (QED) is 0.857. The first-order valence-corrected chi connectivity index (χ1v) is 9.07. The van der Waals surface area contributed by atoms with Gasteiger partial charge in [-0.2, -0.15) is 22.7 Å². The van der Waals surface area contributed by atoms with E-state index in [0.29, 0.717) is 0 Å². The zero-order valence-electron chi connectivity index (χ0n) is 13.7. The summed E-state index contributed by atoms with van der Waals surface area (Å²) in [5, 5.41) is 8.77. The van der Waals surface area contributed by atoms with Crippen molar-refractivity contribution in [3.63, 3.8) is 0 Å². The van der Waals surface area contributed by atoms with Gasteiger partial charge in [0.1, 0.15) is 0 Å². The van der Waals surface area contributed by atoms with Crippen LogP contribution in [0.4, 0.5) is 0 Å². The lowest BCUT2D eigenvalue weighted by Gasteiger charge is -2.34. The smallest absolute Gasteiger partial charge is 0.280 e. The van der Waals surface area contributed by atoms with E-state index < -0.39 is 22.3 Å². The third-order valence-corrected chi connectivity index (χ3v) is 6.10. The molecule has 1 aromatic rings. The fourth-order valence-electron chi connectivity index (χ4n) is 2.86. The van der Waals surface area contributed by atoms with Crippen molar-refractivity contribution in [3.05, 3.63) is 35.4 Å². The number of aryl methyl sites for hydroxylation is 1. The highest BCUT2D eigenvalue weighted by Crippen LogP contribution is 2.32. The monoisotopic (exact) mass is 337 g/mol. The van der Waals surface area contributed by atoms with Gasteiger partial charge in [-0.15, -0.1) is 0 Å². The Morgan fingerprint density at radius 1 is 1.48 bits per heavy atom. The Labute approximate surface area is 138 Å². The number of hydrogen-bond acceptors (Lipinski definition) is 4. The standard InChI is InChI=1S/C16H23N3O3S/c1-12(10-11-17)19(2)23(20,21)18-16-14-7-5-4-6-13(14)8-9-15(16)22-3/h4-7,12,15-16,18H,8-10H2,1-3H3/t12?,15-,16-/m1/s1. The number of methoxy groups -OCH3 is 1. The minimum Gasteiger partial charge on any atom is -0.379 e. The summed E-state index contributed by atoms with van der Waals surface area (Å²) in [5.41, 5.74) is 2.09. The van der Waals surface area contributed by atoms with Crippen LogP contribution in [-0.4, -0.2) is 39.0 Å². The number of benzene rings is 1. The van der Waals surface area contributed by atoms with E-state index >= 15 is 0 Å². The number of hydrogen-bond donors (Lipinski definition) is 1. The van der Waals surface area contributed by atoms with E-state index in [-0.39, 0.29) is 12.5 Å². The average molecular weight is 337 g/mol. The minimum absolute atomic E-state index is 0.145. The van der Waals surface area contributed by atoms with Gasteiger partial charge in [0, 0.05) is 20.2 Å². The maximum absolute atomic E-state index is 12.6. The first-order valence-electron chi connectivity index (χ1n) is 7.63. The van der Waals surface area contributed by atoms with Crippen molar-refractivity contribution >= 4 is 10.2 Å². The van der Waals surface area contributed by atoms with Gasteiger partial charge in [0.05, 0.1) is 24.6 Å². The summed E-state index contributed by atoms with van der Waals surface area (Å²) < 4.78 is 34.7. The Morgan fingerprint density at radius 2 is 2.17 bits per heavy atom. The van der Waals surface area contributed by atoms with Crippen LogP contribution in [0, 0.1) is 11.3 Å². The third-order valence-electron chi connectivity index (χ3n) is 4.43.